The van der Waals surface area contributed by atoms with E-state index < -0.39 is 0 Å². The van der Waals surface area contributed by atoms with Crippen LogP contribution >= 0.6 is 0 Å². The lowest BCUT2D eigenvalue weighted by Crippen LogP contribution is -2.22. The Morgan fingerprint density at radius 1 is 1.50 bits per heavy atom. The van der Waals surface area contributed by atoms with Crippen molar-refractivity contribution in [3.05, 3.63) is 12.2 Å². The van der Waals surface area contributed by atoms with Crippen molar-refractivity contribution in [2.24, 2.45) is 0 Å². The topological polar surface area (TPSA) is 12.0 Å². The summed E-state index contributed by atoms with van der Waals surface area (Å²) in [5.74, 6) is 0. The first-order valence-electron chi connectivity index (χ1n) is 3.12. The van der Waals surface area contributed by atoms with E-state index in [1.54, 1.807) is 0 Å². The van der Waals surface area contributed by atoms with Gasteiger partial charge in [-0.25, -0.2) is 0 Å². The van der Waals surface area contributed by atoms with Crippen molar-refractivity contribution in [1.29, 1.82) is 0 Å². The smallest absolute Gasteiger partial charge is 0.0137 e. The average Bonchev–Trinajstić information content (AvgIpc) is 1.66. The Balaban J connectivity index is 2.93. The lowest BCUT2D eigenvalue weighted by molar-refractivity contribution is 0.632. The zero-order valence-electron chi connectivity index (χ0n) is 5.94. The predicted octanol–water partition coefficient (Wildman–Crippen LogP) is 1.56. The van der Waals surface area contributed by atoms with Crippen molar-refractivity contribution in [3.8, 4) is 0 Å². The molecule has 0 aromatic rings. The zero-order valence-corrected chi connectivity index (χ0v) is 5.94. The molecule has 0 heterocycles. The van der Waals surface area contributed by atoms with Gasteiger partial charge in [0.15, 0.2) is 0 Å². The van der Waals surface area contributed by atoms with E-state index in [-0.39, 0.29) is 0 Å². The van der Waals surface area contributed by atoms with Crippen LogP contribution in [0.25, 0.3) is 0 Å². The van der Waals surface area contributed by atoms with E-state index in [1.165, 1.54) is 0 Å². The normalized spacial score (nSPS) is 11.5. The molecular formula is C7H15N. The minimum atomic E-state index is 0.603. The van der Waals surface area contributed by atoms with E-state index in [0.29, 0.717) is 6.04 Å². The Labute approximate surface area is 51.8 Å². The van der Waals surface area contributed by atoms with E-state index in [2.05, 4.69) is 31.3 Å². The molecule has 0 saturated carbocycles. The first-order valence-corrected chi connectivity index (χ1v) is 3.12. The van der Waals surface area contributed by atoms with Crippen LogP contribution in [0.5, 0.6) is 0 Å². The molecule has 0 aliphatic rings. The van der Waals surface area contributed by atoms with Gasteiger partial charge in [0.25, 0.3) is 0 Å². The van der Waals surface area contributed by atoms with Crippen LogP contribution in [0, 0.1) is 0 Å². The van der Waals surface area contributed by atoms with Gasteiger partial charge in [0.05, 0.1) is 0 Å². The van der Waals surface area contributed by atoms with Gasteiger partial charge in [0.2, 0.25) is 0 Å². The third-order valence-corrected chi connectivity index (χ3v) is 0.880. The van der Waals surface area contributed by atoms with Gasteiger partial charge in [-0.1, -0.05) is 26.0 Å². The molecule has 0 aromatic carbocycles. The molecule has 0 spiro atoms. The fourth-order valence-electron chi connectivity index (χ4n) is 0.422. The molecule has 1 nitrogen and oxygen atoms in total. The highest BCUT2D eigenvalue weighted by atomic mass is 14.9. The van der Waals surface area contributed by atoms with Crippen LogP contribution < -0.4 is 5.32 Å². The molecule has 0 atom stereocenters. The molecule has 8 heavy (non-hydrogen) atoms. The molecule has 0 aliphatic heterocycles. The number of rotatable bonds is 3. The van der Waals surface area contributed by atoms with E-state index >= 15 is 0 Å². The Kier molecular flexibility index (Phi) is 4.67. The lowest BCUT2D eigenvalue weighted by Gasteiger charge is -2.02. The third-order valence-electron chi connectivity index (χ3n) is 0.880. The monoisotopic (exact) mass is 113 g/mol. The highest BCUT2D eigenvalue weighted by molar-refractivity contribution is 4.79. The molecule has 0 bridgehead atoms. The quantitative estimate of drug-likeness (QED) is 0.548. The number of hydrogen-bond acceptors (Lipinski definition) is 1. The maximum absolute atomic E-state index is 3.26. The lowest BCUT2D eigenvalue weighted by atomic mass is 10.4. The average molecular weight is 113 g/mol. The minimum absolute atomic E-state index is 0.603. The van der Waals surface area contributed by atoms with Crippen LogP contribution in [0.4, 0.5) is 0 Å². The maximum Gasteiger partial charge on any atom is 0.0137 e. The summed E-state index contributed by atoms with van der Waals surface area (Å²) in [6.07, 6.45) is 4.16. The van der Waals surface area contributed by atoms with Gasteiger partial charge < -0.3 is 5.32 Å². The minimum Gasteiger partial charge on any atom is -0.311 e. The standard InChI is InChI=1S/C7H15N/c1-4-5-6-8-7(2)3/h4-5,7-8H,6H2,1-3H3/b5-4-. The second-order valence-corrected chi connectivity index (χ2v) is 2.13. The molecule has 0 fully saturated rings. The molecule has 48 valence electrons. The SMILES string of the molecule is C/C=C\CNC(C)C. The van der Waals surface area contributed by atoms with Gasteiger partial charge in [-0.05, 0) is 6.92 Å². The Hall–Kier alpha value is -0.300. The summed E-state index contributed by atoms with van der Waals surface area (Å²) in [5.41, 5.74) is 0. The second-order valence-electron chi connectivity index (χ2n) is 2.13. The summed E-state index contributed by atoms with van der Waals surface area (Å²) in [6.45, 7) is 7.31. The molecule has 1 N–H and O–H groups in total. The third kappa shape index (κ3) is 5.70. The van der Waals surface area contributed by atoms with Gasteiger partial charge in [0, 0.05) is 12.6 Å². The van der Waals surface area contributed by atoms with Crippen molar-refractivity contribution >= 4 is 0 Å². The van der Waals surface area contributed by atoms with Gasteiger partial charge in [-0.2, -0.15) is 0 Å². The summed E-state index contributed by atoms with van der Waals surface area (Å²) < 4.78 is 0. The molecule has 0 radical (unpaired) electrons. The van der Waals surface area contributed by atoms with Crippen LogP contribution in [0.15, 0.2) is 12.2 Å². The van der Waals surface area contributed by atoms with Crippen molar-refractivity contribution in [2.45, 2.75) is 26.8 Å². The highest BCUT2D eigenvalue weighted by Gasteiger charge is 1.84. The number of hydrogen-bond donors (Lipinski definition) is 1. The molecule has 0 amide bonds. The Morgan fingerprint density at radius 3 is 2.50 bits per heavy atom. The first-order chi connectivity index (χ1) is 3.77. The Bertz CT molecular complexity index is 64.8. The molecular weight excluding hydrogens is 98.1 g/mol. The van der Waals surface area contributed by atoms with Crippen LogP contribution in [0.3, 0.4) is 0 Å². The molecule has 1 heteroatoms. The van der Waals surface area contributed by atoms with Crippen LogP contribution in [-0.4, -0.2) is 12.6 Å². The van der Waals surface area contributed by atoms with Gasteiger partial charge in [-0.3, -0.25) is 0 Å². The fourth-order valence-corrected chi connectivity index (χ4v) is 0.422. The van der Waals surface area contributed by atoms with Crippen molar-refractivity contribution < 1.29 is 0 Å². The Morgan fingerprint density at radius 2 is 2.12 bits per heavy atom. The predicted molar refractivity (Wildman–Crippen MR) is 38.0 cm³/mol. The zero-order chi connectivity index (χ0) is 6.41. The maximum atomic E-state index is 3.26. The number of allylic oxidation sites excluding steroid dienone is 1. The number of nitrogens with one attached hydrogen (secondary N) is 1. The molecule has 0 rings (SSSR count). The van der Waals surface area contributed by atoms with Crippen molar-refractivity contribution in [1.82, 2.24) is 5.32 Å². The molecule has 0 unspecified atom stereocenters. The first kappa shape index (κ1) is 7.70. The molecule has 0 aliphatic carbocycles. The molecule has 0 aromatic heterocycles. The van der Waals surface area contributed by atoms with Gasteiger partial charge >= 0.3 is 0 Å². The van der Waals surface area contributed by atoms with Crippen LogP contribution in [0.1, 0.15) is 20.8 Å². The van der Waals surface area contributed by atoms with Crippen LogP contribution in [-0.2, 0) is 0 Å². The van der Waals surface area contributed by atoms with Crippen molar-refractivity contribution in [3.63, 3.8) is 0 Å². The van der Waals surface area contributed by atoms with Gasteiger partial charge in [-0.15, -0.1) is 0 Å². The van der Waals surface area contributed by atoms with E-state index in [0.717, 1.165) is 6.54 Å². The van der Waals surface area contributed by atoms with E-state index in [1.807, 2.05) is 6.92 Å². The summed E-state index contributed by atoms with van der Waals surface area (Å²) in [6, 6.07) is 0.603. The van der Waals surface area contributed by atoms with Crippen LogP contribution in [0.2, 0.25) is 0 Å². The van der Waals surface area contributed by atoms with Gasteiger partial charge in [0.1, 0.15) is 0 Å². The summed E-state index contributed by atoms with van der Waals surface area (Å²) in [7, 11) is 0. The highest BCUT2D eigenvalue weighted by Crippen LogP contribution is 1.74. The summed E-state index contributed by atoms with van der Waals surface area (Å²) in [5, 5.41) is 3.26. The second kappa shape index (κ2) is 4.85. The van der Waals surface area contributed by atoms with Crippen molar-refractivity contribution in [2.75, 3.05) is 6.54 Å². The fraction of sp³-hybridized carbons (Fsp3) is 0.714. The summed E-state index contributed by atoms with van der Waals surface area (Å²) in [4.78, 5) is 0. The largest absolute Gasteiger partial charge is 0.311 e. The summed E-state index contributed by atoms with van der Waals surface area (Å²) >= 11 is 0. The van der Waals surface area contributed by atoms with E-state index in [4.69, 9.17) is 0 Å². The molecule has 0 saturated heterocycles. The van der Waals surface area contributed by atoms with E-state index in [9.17, 15) is 0 Å².